The molecule has 3 atom stereocenters. The topological polar surface area (TPSA) is 15.3 Å². The third-order valence-electron chi connectivity index (χ3n) is 4.87. The van der Waals surface area contributed by atoms with E-state index in [1.54, 1.807) is 0 Å². The molecule has 1 aliphatic rings. The Hall–Kier alpha value is -0.860. The summed E-state index contributed by atoms with van der Waals surface area (Å²) < 4.78 is 0. The van der Waals surface area contributed by atoms with E-state index in [1.165, 1.54) is 38.0 Å². The number of piperazine rings is 1. The summed E-state index contributed by atoms with van der Waals surface area (Å²) in [5, 5.41) is 3.68. The minimum Gasteiger partial charge on any atom is -0.311 e. The van der Waals surface area contributed by atoms with Gasteiger partial charge in [0.25, 0.3) is 0 Å². The minimum absolute atomic E-state index is 0.660. The lowest BCUT2D eigenvalue weighted by molar-refractivity contribution is 0.165. The first-order valence-corrected chi connectivity index (χ1v) is 8.21. The van der Waals surface area contributed by atoms with Crippen molar-refractivity contribution in [3.63, 3.8) is 0 Å². The van der Waals surface area contributed by atoms with Crippen LogP contribution in [0.4, 0.5) is 0 Å². The van der Waals surface area contributed by atoms with Gasteiger partial charge in [0.05, 0.1) is 0 Å². The summed E-state index contributed by atoms with van der Waals surface area (Å²) in [7, 11) is 0. The highest BCUT2D eigenvalue weighted by molar-refractivity contribution is 5.18. The smallest absolute Gasteiger partial charge is 0.0221 e. The first kappa shape index (κ1) is 15.5. The predicted octanol–water partition coefficient (Wildman–Crippen LogP) is 3.50. The summed E-state index contributed by atoms with van der Waals surface area (Å²) in [5.74, 6) is 1.44. The first-order chi connectivity index (χ1) is 9.70. The van der Waals surface area contributed by atoms with E-state index in [1.807, 2.05) is 0 Å². The van der Waals surface area contributed by atoms with Crippen molar-refractivity contribution in [2.75, 3.05) is 26.2 Å². The summed E-state index contributed by atoms with van der Waals surface area (Å²) >= 11 is 0. The van der Waals surface area contributed by atoms with Gasteiger partial charge in [0.15, 0.2) is 0 Å². The summed E-state index contributed by atoms with van der Waals surface area (Å²) in [4.78, 5) is 2.65. The molecule has 0 saturated carbocycles. The van der Waals surface area contributed by atoms with Crippen molar-refractivity contribution in [3.05, 3.63) is 35.9 Å². The molecule has 0 spiro atoms. The maximum atomic E-state index is 3.68. The summed E-state index contributed by atoms with van der Waals surface area (Å²) in [6, 6.07) is 11.6. The number of hydrogen-bond donors (Lipinski definition) is 1. The number of nitrogens with zero attached hydrogens (tertiary/aromatic N) is 1. The highest BCUT2D eigenvalue weighted by Gasteiger charge is 2.23. The van der Waals surface area contributed by atoms with Crippen LogP contribution < -0.4 is 5.32 Å². The molecule has 1 aromatic carbocycles. The Morgan fingerprint density at radius 3 is 2.70 bits per heavy atom. The largest absolute Gasteiger partial charge is 0.311 e. The van der Waals surface area contributed by atoms with Gasteiger partial charge < -0.3 is 10.2 Å². The van der Waals surface area contributed by atoms with Crippen LogP contribution in [-0.4, -0.2) is 37.1 Å². The van der Waals surface area contributed by atoms with Crippen LogP contribution >= 0.6 is 0 Å². The zero-order valence-electron chi connectivity index (χ0n) is 13.3. The first-order valence-electron chi connectivity index (χ1n) is 8.21. The van der Waals surface area contributed by atoms with Crippen molar-refractivity contribution in [3.8, 4) is 0 Å². The molecular formula is C18H30N2. The van der Waals surface area contributed by atoms with Crippen LogP contribution in [0.25, 0.3) is 0 Å². The molecule has 0 amide bonds. The second kappa shape index (κ2) is 7.80. The zero-order valence-corrected chi connectivity index (χ0v) is 13.3. The maximum absolute atomic E-state index is 3.68. The van der Waals surface area contributed by atoms with Crippen molar-refractivity contribution in [2.24, 2.45) is 5.92 Å². The Kier molecular flexibility index (Phi) is 6.06. The number of nitrogens with one attached hydrogen (secondary N) is 1. The molecule has 0 bridgehead atoms. The highest BCUT2D eigenvalue weighted by Crippen LogP contribution is 2.20. The van der Waals surface area contributed by atoms with E-state index in [4.69, 9.17) is 0 Å². The highest BCUT2D eigenvalue weighted by atomic mass is 15.2. The zero-order chi connectivity index (χ0) is 14.4. The van der Waals surface area contributed by atoms with Crippen LogP contribution in [0.5, 0.6) is 0 Å². The Morgan fingerprint density at radius 2 is 2.00 bits per heavy atom. The van der Waals surface area contributed by atoms with Gasteiger partial charge in [-0.15, -0.1) is 0 Å². The van der Waals surface area contributed by atoms with E-state index < -0.39 is 0 Å². The average Bonchev–Trinajstić information content (AvgIpc) is 2.53. The molecule has 0 aromatic heterocycles. The lowest BCUT2D eigenvalue weighted by atomic mass is 9.95. The van der Waals surface area contributed by atoms with Crippen LogP contribution in [0.15, 0.2) is 30.3 Å². The molecule has 20 heavy (non-hydrogen) atoms. The minimum atomic E-state index is 0.660. The van der Waals surface area contributed by atoms with Crippen LogP contribution in [0.2, 0.25) is 0 Å². The van der Waals surface area contributed by atoms with Gasteiger partial charge >= 0.3 is 0 Å². The van der Waals surface area contributed by atoms with Crippen LogP contribution in [-0.2, 0) is 0 Å². The van der Waals surface area contributed by atoms with Gasteiger partial charge in [-0.05, 0) is 30.4 Å². The monoisotopic (exact) mass is 274 g/mol. The van der Waals surface area contributed by atoms with Crippen molar-refractivity contribution in [1.29, 1.82) is 0 Å². The fourth-order valence-electron chi connectivity index (χ4n) is 3.04. The molecule has 1 heterocycles. The molecule has 2 rings (SSSR count). The van der Waals surface area contributed by atoms with Gasteiger partial charge in [-0.1, -0.05) is 57.5 Å². The lowest BCUT2D eigenvalue weighted by Crippen LogP contribution is -2.53. The molecule has 2 nitrogen and oxygen atoms in total. The van der Waals surface area contributed by atoms with Crippen LogP contribution in [0.3, 0.4) is 0 Å². The fraction of sp³-hybridized carbons (Fsp3) is 0.667. The van der Waals surface area contributed by atoms with E-state index in [-0.39, 0.29) is 0 Å². The number of rotatable bonds is 6. The Labute approximate surface area is 124 Å². The fourth-order valence-corrected chi connectivity index (χ4v) is 3.04. The van der Waals surface area contributed by atoms with Crippen molar-refractivity contribution < 1.29 is 0 Å². The van der Waals surface area contributed by atoms with Gasteiger partial charge in [-0.25, -0.2) is 0 Å². The molecule has 112 valence electrons. The van der Waals surface area contributed by atoms with Crippen molar-refractivity contribution >= 4 is 0 Å². The number of benzene rings is 1. The second-order valence-electron chi connectivity index (χ2n) is 6.35. The SMILES string of the molecule is CCC(C)C1CN(CCC(C)c2ccccc2)CCN1. The van der Waals surface area contributed by atoms with Gasteiger partial charge in [0.1, 0.15) is 0 Å². The van der Waals surface area contributed by atoms with E-state index in [9.17, 15) is 0 Å². The molecule has 1 aromatic rings. The molecule has 1 saturated heterocycles. The third kappa shape index (κ3) is 4.32. The molecule has 0 aliphatic carbocycles. The van der Waals surface area contributed by atoms with Crippen molar-refractivity contribution in [1.82, 2.24) is 10.2 Å². The Morgan fingerprint density at radius 1 is 1.25 bits per heavy atom. The molecule has 1 aliphatic heterocycles. The van der Waals surface area contributed by atoms with Crippen molar-refractivity contribution in [2.45, 2.75) is 45.6 Å². The maximum Gasteiger partial charge on any atom is 0.0221 e. The molecule has 1 fully saturated rings. The molecule has 0 radical (unpaired) electrons. The van der Waals surface area contributed by atoms with Gasteiger partial charge in [0.2, 0.25) is 0 Å². The van der Waals surface area contributed by atoms with Crippen LogP contribution in [0, 0.1) is 5.92 Å². The normalized spacial score (nSPS) is 23.4. The molecular weight excluding hydrogens is 244 g/mol. The van der Waals surface area contributed by atoms with Gasteiger partial charge in [0, 0.05) is 25.7 Å². The average molecular weight is 274 g/mol. The summed E-state index contributed by atoms with van der Waals surface area (Å²) in [5.41, 5.74) is 1.47. The Bertz CT molecular complexity index is 376. The standard InChI is InChI=1S/C18H30N2/c1-4-15(2)18-14-20(13-11-19-18)12-10-16(3)17-8-6-5-7-9-17/h5-9,15-16,18-19H,4,10-14H2,1-3H3. The predicted molar refractivity (Wildman–Crippen MR) is 87.2 cm³/mol. The quantitative estimate of drug-likeness (QED) is 0.854. The lowest BCUT2D eigenvalue weighted by Gasteiger charge is -2.37. The number of hydrogen-bond acceptors (Lipinski definition) is 2. The molecule has 2 heteroatoms. The van der Waals surface area contributed by atoms with E-state index >= 15 is 0 Å². The third-order valence-corrected chi connectivity index (χ3v) is 4.87. The summed E-state index contributed by atoms with van der Waals surface area (Å²) in [6.45, 7) is 11.8. The van der Waals surface area contributed by atoms with Gasteiger partial charge in [-0.3, -0.25) is 0 Å². The van der Waals surface area contributed by atoms with Gasteiger partial charge in [-0.2, -0.15) is 0 Å². The van der Waals surface area contributed by atoms with E-state index in [2.05, 4.69) is 61.3 Å². The van der Waals surface area contributed by atoms with E-state index in [0.717, 1.165) is 12.5 Å². The molecule has 3 unspecified atom stereocenters. The van der Waals surface area contributed by atoms with Crippen LogP contribution in [0.1, 0.15) is 45.1 Å². The summed E-state index contributed by atoms with van der Waals surface area (Å²) in [6.07, 6.45) is 2.53. The Balaban J connectivity index is 1.79. The second-order valence-corrected chi connectivity index (χ2v) is 6.35. The van der Waals surface area contributed by atoms with E-state index in [0.29, 0.717) is 12.0 Å². The molecule has 1 N–H and O–H groups in total.